The molecule has 0 saturated carbocycles. The summed E-state index contributed by atoms with van der Waals surface area (Å²) in [4.78, 5) is 11.9. The third kappa shape index (κ3) is 4.70. The zero-order valence-corrected chi connectivity index (χ0v) is 15.2. The van der Waals surface area contributed by atoms with Gasteiger partial charge in [-0.1, -0.05) is 13.3 Å². The van der Waals surface area contributed by atoms with Gasteiger partial charge in [0.2, 0.25) is 10.0 Å². The van der Waals surface area contributed by atoms with Crippen molar-refractivity contribution in [3.8, 4) is 5.75 Å². The van der Waals surface area contributed by atoms with Gasteiger partial charge >= 0.3 is 0 Å². The third-order valence-corrected chi connectivity index (χ3v) is 5.96. The zero-order chi connectivity index (χ0) is 17.6. The van der Waals surface area contributed by atoms with Crippen LogP contribution in [-0.4, -0.2) is 44.9 Å². The average Bonchev–Trinajstić information content (AvgIpc) is 3.09. The highest BCUT2D eigenvalue weighted by Gasteiger charge is 2.27. The predicted octanol–water partition coefficient (Wildman–Crippen LogP) is 2.07. The Morgan fingerprint density at radius 1 is 1.29 bits per heavy atom. The van der Waals surface area contributed by atoms with E-state index in [1.807, 2.05) is 0 Å². The van der Waals surface area contributed by atoms with Gasteiger partial charge in [-0.2, -0.15) is 4.31 Å². The Morgan fingerprint density at radius 2 is 2.00 bits per heavy atom. The SMILES string of the molecule is CCCCNC(=O)COc1ccc(S(=O)(=O)N2CCCC2)cc1C. The van der Waals surface area contributed by atoms with E-state index in [1.54, 1.807) is 25.1 Å². The van der Waals surface area contributed by atoms with Gasteiger partial charge in [-0.15, -0.1) is 0 Å². The molecule has 2 rings (SSSR count). The second-order valence-corrected chi connectivity index (χ2v) is 7.97. The summed E-state index contributed by atoms with van der Waals surface area (Å²) in [6, 6.07) is 4.78. The first kappa shape index (κ1) is 18.7. The van der Waals surface area contributed by atoms with E-state index in [2.05, 4.69) is 12.2 Å². The van der Waals surface area contributed by atoms with Gasteiger partial charge in [0.15, 0.2) is 6.61 Å². The lowest BCUT2D eigenvalue weighted by atomic mass is 10.2. The van der Waals surface area contributed by atoms with Crippen LogP contribution < -0.4 is 10.1 Å². The Hall–Kier alpha value is -1.60. The fourth-order valence-electron chi connectivity index (χ4n) is 2.62. The Kier molecular flexibility index (Phi) is 6.62. The maximum absolute atomic E-state index is 12.5. The lowest BCUT2D eigenvalue weighted by Crippen LogP contribution is -2.29. The zero-order valence-electron chi connectivity index (χ0n) is 14.4. The molecule has 24 heavy (non-hydrogen) atoms. The number of nitrogens with one attached hydrogen (secondary N) is 1. The first-order valence-electron chi connectivity index (χ1n) is 8.45. The first-order valence-corrected chi connectivity index (χ1v) is 9.89. The fourth-order valence-corrected chi connectivity index (χ4v) is 4.22. The molecule has 6 nitrogen and oxygen atoms in total. The molecule has 0 aromatic heterocycles. The third-order valence-electron chi connectivity index (χ3n) is 4.06. The number of unbranched alkanes of at least 4 members (excludes halogenated alkanes) is 1. The highest BCUT2D eigenvalue weighted by atomic mass is 32.2. The highest BCUT2D eigenvalue weighted by Crippen LogP contribution is 2.26. The quantitative estimate of drug-likeness (QED) is 0.725. The van der Waals surface area contributed by atoms with Gasteiger partial charge in [0.25, 0.3) is 5.91 Å². The minimum atomic E-state index is -3.43. The van der Waals surface area contributed by atoms with Crippen LogP contribution in [0.5, 0.6) is 5.75 Å². The molecular formula is C17H26N2O4S. The smallest absolute Gasteiger partial charge is 0.257 e. The van der Waals surface area contributed by atoms with Crippen molar-refractivity contribution in [3.63, 3.8) is 0 Å². The van der Waals surface area contributed by atoms with E-state index in [0.717, 1.165) is 25.7 Å². The number of ether oxygens (including phenoxy) is 1. The maximum atomic E-state index is 12.5. The molecule has 0 spiro atoms. The van der Waals surface area contributed by atoms with Crippen LogP contribution in [0.3, 0.4) is 0 Å². The molecule has 0 radical (unpaired) electrons. The van der Waals surface area contributed by atoms with Gasteiger partial charge in [0.05, 0.1) is 4.90 Å². The molecule has 7 heteroatoms. The molecule has 1 amide bonds. The number of amides is 1. The van der Waals surface area contributed by atoms with E-state index in [4.69, 9.17) is 4.74 Å². The van der Waals surface area contributed by atoms with Crippen LogP contribution in [0.2, 0.25) is 0 Å². The standard InChI is InChI=1S/C17H26N2O4S/c1-3-4-9-18-17(20)13-23-16-8-7-15(12-14(16)2)24(21,22)19-10-5-6-11-19/h7-8,12H,3-6,9-11,13H2,1-2H3,(H,18,20). The predicted molar refractivity (Wildman–Crippen MR) is 92.6 cm³/mol. The molecule has 0 bridgehead atoms. The van der Waals surface area contributed by atoms with Crippen molar-refractivity contribution in [1.29, 1.82) is 0 Å². The van der Waals surface area contributed by atoms with E-state index < -0.39 is 10.0 Å². The molecular weight excluding hydrogens is 328 g/mol. The van der Waals surface area contributed by atoms with Gasteiger partial charge in [0.1, 0.15) is 5.75 Å². The van der Waals surface area contributed by atoms with Crippen molar-refractivity contribution in [2.75, 3.05) is 26.2 Å². The molecule has 1 N–H and O–H groups in total. The molecule has 1 aliphatic rings. The average molecular weight is 354 g/mol. The molecule has 1 fully saturated rings. The van der Waals surface area contributed by atoms with E-state index in [1.165, 1.54) is 4.31 Å². The molecule has 1 saturated heterocycles. The topological polar surface area (TPSA) is 75.7 Å². The minimum Gasteiger partial charge on any atom is -0.484 e. The van der Waals surface area contributed by atoms with Crippen molar-refractivity contribution >= 4 is 15.9 Å². The summed E-state index contributed by atoms with van der Waals surface area (Å²) in [6.07, 6.45) is 3.78. The molecule has 1 aliphatic heterocycles. The summed E-state index contributed by atoms with van der Waals surface area (Å²) in [5.41, 5.74) is 0.705. The van der Waals surface area contributed by atoms with Gasteiger partial charge in [-0.05, 0) is 49.9 Å². The van der Waals surface area contributed by atoms with Gasteiger partial charge < -0.3 is 10.1 Å². The molecule has 0 unspecified atom stereocenters. The maximum Gasteiger partial charge on any atom is 0.257 e. The van der Waals surface area contributed by atoms with Gasteiger partial charge in [-0.3, -0.25) is 4.79 Å². The Labute approximate surface area is 144 Å². The van der Waals surface area contributed by atoms with Crippen molar-refractivity contribution in [2.24, 2.45) is 0 Å². The summed E-state index contributed by atoms with van der Waals surface area (Å²) < 4.78 is 32.1. The van der Waals surface area contributed by atoms with E-state index in [9.17, 15) is 13.2 Å². The summed E-state index contributed by atoms with van der Waals surface area (Å²) in [5.74, 6) is 0.359. The van der Waals surface area contributed by atoms with Crippen molar-refractivity contribution in [2.45, 2.75) is 44.4 Å². The second kappa shape index (κ2) is 8.48. The van der Waals surface area contributed by atoms with E-state index in [-0.39, 0.29) is 17.4 Å². The van der Waals surface area contributed by atoms with Crippen LogP contribution in [0.15, 0.2) is 23.1 Å². The first-order chi connectivity index (χ1) is 11.4. The van der Waals surface area contributed by atoms with Crippen molar-refractivity contribution < 1.29 is 17.9 Å². The van der Waals surface area contributed by atoms with Crippen LogP contribution in [0.1, 0.15) is 38.2 Å². The molecule has 134 valence electrons. The lowest BCUT2D eigenvalue weighted by Gasteiger charge is -2.17. The number of sulfonamides is 1. The second-order valence-electron chi connectivity index (χ2n) is 6.03. The number of hydrogen-bond donors (Lipinski definition) is 1. The summed E-state index contributed by atoms with van der Waals surface area (Å²) in [5, 5.41) is 2.78. The number of benzene rings is 1. The number of nitrogens with zero attached hydrogens (tertiary/aromatic N) is 1. The monoisotopic (exact) mass is 354 g/mol. The molecule has 0 atom stereocenters. The Morgan fingerprint density at radius 3 is 2.62 bits per heavy atom. The van der Waals surface area contributed by atoms with Crippen LogP contribution in [-0.2, 0) is 14.8 Å². The van der Waals surface area contributed by atoms with E-state index in [0.29, 0.717) is 30.9 Å². The van der Waals surface area contributed by atoms with E-state index >= 15 is 0 Å². The fraction of sp³-hybridized carbons (Fsp3) is 0.588. The lowest BCUT2D eigenvalue weighted by molar-refractivity contribution is -0.123. The van der Waals surface area contributed by atoms with Crippen LogP contribution in [0.25, 0.3) is 0 Å². The number of hydrogen-bond acceptors (Lipinski definition) is 4. The Bertz CT molecular complexity index is 667. The molecule has 1 heterocycles. The summed E-state index contributed by atoms with van der Waals surface area (Å²) in [6.45, 7) is 5.58. The van der Waals surface area contributed by atoms with Crippen LogP contribution >= 0.6 is 0 Å². The number of carbonyl (C=O) groups excluding carboxylic acids is 1. The molecule has 0 aliphatic carbocycles. The molecule has 1 aromatic rings. The van der Waals surface area contributed by atoms with Gasteiger partial charge in [-0.25, -0.2) is 8.42 Å². The minimum absolute atomic E-state index is 0.0667. The highest BCUT2D eigenvalue weighted by molar-refractivity contribution is 7.89. The molecule has 1 aromatic carbocycles. The largest absolute Gasteiger partial charge is 0.484 e. The van der Waals surface area contributed by atoms with Crippen molar-refractivity contribution in [1.82, 2.24) is 9.62 Å². The van der Waals surface area contributed by atoms with Gasteiger partial charge in [0, 0.05) is 19.6 Å². The van der Waals surface area contributed by atoms with Crippen LogP contribution in [0, 0.1) is 6.92 Å². The normalized spacial score (nSPS) is 15.4. The van der Waals surface area contributed by atoms with Crippen LogP contribution in [0.4, 0.5) is 0 Å². The Balaban J connectivity index is 1.98. The van der Waals surface area contributed by atoms with Crippen molar-refractivity contribution in [3.05, 3.63) is 23.8 Å². The number of carbonyl (C=O) groups is 1. The number of aryl methyl sites for hydroxylation is 1. The summed E-state index contributed by atoms with van der Waals surface area (Å²) in [7, 11) is -3.43. The number of rotatable bonds is 8. The summed E-state index contributed by atoms with van der Waals surface area (Å²) >= 11 is 0.